The van der Waals surface area contributed by atoms with E-state index < -0.39 is 17.6 Å². The summed E-state index contributed by atoms with van der Waals surface area (Å²) in [6.07, 6.45) is 3.38. The van der Waals surface area contributed by atoms with Crippen LogP contribution in [0.3, 0.4) is 0 Å². The molecule has 4 saturated carbocycles. The zero-order chi connectivity index (χ0) is 19.6. The third-order valence-electron chi connectivity index (χ3n) is 10.1. The van der Waals surface area contributed by atoms with Gasteiger partial charge >= 0.3 is 5.97 Å². The first-order valence-electron chi connectivity index (χ1n) is 11.2. The Bertz CT molecular complexity index is 730. The van der Waals surface area contributed by atoms with Crippen LogP contribution in [0.25, 0.3) is 0 Å². The minimum Gasteiger partial charge on any atom is -0.462 e. The molecule has 7 aliphatic rings. The fraction of sp³-hybridized carbons (Fsp3) is 0.955. The first-order chi connectivity index (χ1) is 13.3. The highest BCUT2D eigenvalue weighted by atomic mass is 16.5. The second-order valence-electron chi connectivity index (χ2n) is 10.8. The number of esters is 1. The number of carbonyl (C=O) groups excluding carboxylic acids is 1. The number of likely N-dealkylation sites (tertiary alicyclic amines) is 1. The molecular weight excluding hydrogens is 358 g/mol. The number of rotatable bonds is 2. The average Bonchev–Trinajstić information content (AvgIpc) is 2.73. The van der Waals surface area contributed by atoms with Crippen LogP contribution in [-0.4, -0.2) is 71.2 Å². The van der Waals surface area contributed by atoms with Crippen molar-refractivity contribution in [2.24, 2.45) is 34.5 Å². The van der Waals surface area contributed by atoms with Crippen molar-refractivity contribution in [3.8, 4) is 0 Å². The number of nitrogens with zero attached hydrogens (tertiary/aromatic N) is 1. The molecule has 0 aromatic heterocycles. The number of hydrogen-bond donors (Lipinski definition) is 2. The minimum atomic E-state index is -1.17. The van der Waals surface area contributed by atoms with E-state index in [-0.39, 0.29) is 52.8 Å². The van der Waals surface area contributed by atoms with E-state index in [2.05, 4.69) is 18.7 Å². The van der Waals surface area contributed by atoms with Crippen molar-refractivity contribution in [2.75, 3.05) is 20.2 Å². The Balaban J connectivity index is 1.66. The molecule has 0 aromatic rings. The van der Waals surface area contributed by atoms with E-state index in [4.69, 9.17) is 9.47 Å². The molecule has 1 spiro atoms. The lowest BCUT2D eigenvalue weighted by Gasteiger charge is -2.69. The van der Waals surface area contributed by atoms with Crippen molar-refractivity contribution in [1.82, 2.24) is 4.90 Å². The van der Waals surface area contributed by atoms with E-state index >= 15 is 0 Å². The van der Waals surface area contributed by atoms with Crippen LogP contribution in [0.1, 0.15) is 46.0 Å². The van der Waals surface area contributed by atoms with Gasteiger partial charge in [0.25, 0.3) is 0 Å². The van der Waals surface area contributed by atoms with E-state index in [1.165, 1.54) is 0 Å². The molecule has 3 saturated heterocycles. The average molecular weight is 392 g/mol. The normalized spacial score (nSPS) is 61.8. The molecular formula is C22H33NO5. The zero-order valence-corrected chi connectivity index (χ0v) is 17.1. The van der Waals surface area contributed by atoms with E-state index in [1.54, 1.807) is 7.11 Å². The maximum Gasteiger partial charge on any atom is 0.312 e. The van der Waals surface area contributed by atoms with Crippen molar-refractivity contribution < 1.29 is 24.5 Å². The minimum absolute atomic E-state index is 0.0123. The molecule has 156 valence electrons. The smallest absolute Gasteiger partial charge is 0.312 e. The standard InChI is InChI=1S/C22H33NO5/c1-4-23-10-20(2)7-6-13(27-3)22-12-9-11-5-8-21(26,14(12)19(25)28-11)15(18(22)23)16(24)17(20)22/h11-18,24,26H,4-10H2,1-3H3/t11-,12+,13-,14+,15?,16+,17+,18+,20-,21+,22-/m0/s1. The summed E-state index contributed by atoms with van der Waals surface area (Å²) < 4.78 is 11.9. The van der Waals surface area contributed by atoms with Crippen molar-refractivity contribution in [3.05, 3.63) is 0 Å². The van der Waals surface area contributed by atoms with Gasteiger partial charge in [0, 0.05) is 36.9 Å². The SMILES string of the molecule is CCN1C[C@]2(C)CC[C@H](OC)[C@@]34[C@@H]5C[C@@H]6CC[C@](O)(C([C@@H](O)[C@H]23)[C@@H]14)[C@H]5C(=O)O6. The molecule has 11 atom stereocenters. The zero-order valence-electron chi connectivity index (χ0n) is 17.1. The molecule has 7 fully saturated rings. The Morgan fingerprint density at radius 3 is 2.82 bits per heavy atom. The Kier molecular flexibility index (Phi) is 3.44. The van der Waals surface area contributed by atoms with Gasteiger partial charge in [0.2, 0.25) is 0 Å². The van der Waals surface area contributed by atoms with Crippen LogP contribution >= 0.6 is 0 Å². The predicted octanol–water partition coefficient (Wildman–Crippen LogP) is 1.19. The van der Waals surface area contributed by atoms with E-state index in [1.807, 2.05) is 0 Å². The molecule has 9 bridgehead atoms. The monoisotopic (exact) mass is 391 g/mol. The van der Waals surface area contributed by atoms with Gasteiger partial charge in [-0.15, -0.1) is 0 Å². The fourth-order valence-corrected chi connectivity index (χ4v) is 9.64. The van der Waals surface area contributed by atoms with E-state index in [0.717, 1.165) is 32.4 Å². The lowest BCUT2D eigenvalue weighted by molar-refractivity contribution is -0.269. The summed E-state index contributed by atoms with van der Waals surface area (Å²) in [5.74, 6) is -0.969. The van der Waals surface area contributed by atoms with Crippen LogP contribution in [0, 0.1) is 34.5 Å². The van der Waals surface area contributed by atoms with Gasteiger partial charge in [-0.2, -0.15) is 0 Å². The molecule has 6 heteroatoms. The molecule has 0 radical (unpaired) electrons. The quantitative estimate of drug-likeness (QED) is 0.689. The molecule has 3 heterocycles. The summed E-state index contributed by atoms with van der Waals surface area (Å²) >= 11 is 0. The van der Waals surface area contributed by atoms with E-state index in [9.17, 15) is 15.0 Å². The molecule has 6 nitrogen and oxygen atoms in total. The van der Waals surface area contributed by atoms with Crippen molar-refractivity contribution in [3.63, 3.8) is 0 Å². The highest BCUT2D eigenvalue weighted by Crippen LogP contribution is 2.77. The van der Waals surface area contributed by atoms with Crippen LogP contribution in [0.4, 0.5) is 0 Å². The molecule has 2 N–H and O–H groups in total. The Labute approximate surface area is 166 Å². The summed E-state index contributed by atoms with van der Waals surface area (Å²) in [7, 11) is 1.79. The molecule has 1 unspecified atom stereocenters. The van der Waals surface area contributed by atoms with Gasteiger partial charge in [-0.05, 0) is 50.0 Å². The van der Waals surface area contributed by atoms with Gasteiger partial charge in [0.15, 0.2) is 0 Å². The molecule has 0 amide bonds. The number of hydrogen-bond acceptors (Lipinski definition) is 6. The highest BCUT2D eigenvalue weighted by molar-refractivity contribution is 5.77. The van der Waals surface area contributed by atoms with Gasteiger partial charge in [-0.25, -0.2) is 0 Å². The first kappa shape index (κ1) is 18.1. The molecule has 3 aliphatic heterocycles. The lowest BCUT2D eigenvalue weighted by atomic mass is 9.42. The van der Waals surface area contributed by atoms with Crippen LogP contribution in [0.5, 0.6) is 0 Å². The molecule has 28 heavy (non-hydrogen) atoms. The number of methoxy groups -OCH3 is 1. The number of fused-ring (bicyclic) bond motifs is 2. The van der Waals surface area contributed by atoms with Crippen molar-refractivity contribution in [2.45, 2.75) is 75.9 Å². The van der Waals surface area contributed by atoms with Gasteiger partial charge in [0.05, 0.1) is 23.7 Å². The Morgan fingerprint density at radius 1 is 1.32 bits per heavy atom. The van der Waals surface area contributed by atoms with Gasteiger partial charge < -0.3 is 19.7 Å². The topological polar surface area (TPSA) is 79.2 Å². The number of aliphatic hydroxyl groups is 2. The van der Waals surface area contributed by atoms with Crippen molar-refractivity contribution >= 4 is 5.97 Å². The van der Waals surface area contributed by atoms with Crippen LogP contribution in [0.15, 0.2) is 0 Å². The van der Waals surface area contributed by atoms with E-state index in [0.29, 0.717) is 12.8 Å². The lowest BCUT2D eigenvalue weighted by Crippen LogP contribution is -2.76. The summed E-state index contributed by atoms with van der Waals surface area (Å²) in [5.41, 5.74) is -1.46. The number of piperidine rings is 1. The second kappa shape index (κ2) is 5.32. The molecule has 7 rings (SSSR count). The first-order valence-corrected chi connectivity index (χ1v) is 11.2. The summed E-state index contributed by atoms with van der Waals surface area (Å²) in [5, 5.41) is 23.9. The van der Waals surface area contributed by atoms with Crippen molar-refractivity contribution in [1.29, 1.82) is 0 Å². The third-order valence-corrected chi connectivity index (χ3v) is 10.1. The highest BCUT2D eigenvalue weighted by Gasteiger charge is 2.84. The predicted molar refractivity (Wildman–Crippen MR) is 100 cm³/mol. The number of carbonyl (C=O) groups is 1. The van der Waals surface area contributed by atoms with Crippen LogP contribution in [-0.2, 0) is 14.3 Å². The fourth-order valence-electron chi connectivity index (χ4n) is 9.64. The van der Waals surface area contributed by atoms with Gasteiger partial charge in [-0.3, -0.25) is 9.69 Å². The van der Waals surface area contributed by atoms with Gasteiger partial charge in [0.1, 0.15) is 6.10 Å². The van der Waals surface area contributed by atoms with Gasteiger partial charge in [-0.1, -0.05) is 13.8 Å². The Morgan fingerprint density at radius 2 is 2.11 bits per heavy atom. The second-order valence-corrected chi connectivity index (χ2v) is 10.8. The van der Waals surface area contributed by atoms with Crippen LogP contribution in [0.2, 0.25) is 0 Å². The summed E-state index contributed by atoms with van der Waals surface area (Å²) in [6, 6.07) is 0.0757. The number of ether oxygens (including phenoxy) is 2. The summed E-state index contributed by atoms with van der Waals surface area (Å²) in [6.45, 7) is 6.38. The maximum atomic E-state index is 13.1. The molecule has 0 aromatic carbocycles. The largest absolute Gasteiger partial charge is 0.462 e. The number of aliphatic hydroxyl groups excluding tert-OH is 1. The summed E-state index contributed by atoms with van der Waals surface area (Å²) in [4.78, 5) is 15.6. The third kappa shape index (κ3) is 1.68. The van der Waals surface area contributed by atoms with Crippen LogP contribution < -0.4 is 0 Å². The maximum absolute atomic E-state index is 13.1. The Hall–Kier alpha value is -0.690. The molecule has 4 aliphatic carbocycles.